The number of pyridine rings is 1. The van der Waals surface area contributed by atoms with E-state index < -0.39 is 5.91 Å². The molecule has 0 saturated heterocycles. The lowest BCUT2D eigenvalue weighted by Gasteiger charge is -2.09. The molecule has 2 aromatic carbocycles. The molecule has 2 aromatic heterocycles. The third kappa shape index (κ3) is 4.81. The van der Waals surface area contributed by atoms with Crippen LogP contribution in [0.2, 0.25) is 5.02 Å². The highest BCUT2D eigenvalue weighted by Gasteiger charge is 2.13. The van der Waals surface area contributed by atoms with Gasteiger partial charge in [-0.05, 0) is 49.4 Å². The van der Waals surface area contributed by atoms with Crippen LogP contribution in [0.5, 0.6) is 0 Å². The second kappa shape index (κ2) is 8.99. The van der Waals surface area contributed by atoms with Crippen LogP contribution in [0.25, 0.3) is 22.8 Å². The number of Topliss-reactive ketones (excluding diaryl/α,β-unsaturated/α-hetero) is 1. The molecule has 160 valence electrons. The van der Waals surface area contributed by atoms with Crippen molar-refractivity contribution in [3.63, 3.8) is 0 Å². The quantitative estimate of drug-likeness (QED) is 0.446. The fraction of sp³-hybridized carbons (Fsp3) is 0.0870. The van der Waals surface area contributed by atoms with Gasteiger partial charge in [0.25, 0.3) is 11.4 Å². The molecule has 0 bridgehead atoms. The Bertz CT molecular complexity index is 1360. The number of carbonyl (C=O) groups excluding carboxylic acids is 2. The van der Waals surface area contributed by atoms with Gasteiger partial charge in [0.15, 0.2) is 5.78 Å². The zero-order valence-electron chi connectivity index (χ0n) is 16.9. The van der Waals surface area contributed by atoms with Crippen molar-refractivity contribution in [2.75, 3.05) is 5.32 Å². The van der Waals surface area contributed by atoms with Crippen LogP contribution in [0, 0.1) is 0 Å². The topological polar surface area (TPSA) is 107 Å². The summed E-state index contributed by atoms with van der Waals surface area (Å²) < 4.78 is 6.57. The van der Waals surface area contributed by atoms with Gasteiger partial charge in [0.05, 0.1) is 5.56 Å². The highest BCUT2D eigenvalue weighted by Crippen LogP contribution is 2.23. The molecular weight excluding hydrogens is 432 g/mol. The van der Waals surface area contributed by atoms with E-state index in [4.69, 9.17) is 16.1 Å². The molecule has 9 heteroatoms. The number of aromatic nitrogens is 3. The van der Waals surface area contributed by atoms with E-state index in [0.717, 1.165) is 5.56 Å². The fourth-order valence-electron chi connectivity index (χ4n) is 3.01. The molecule has 0 radical (unpaired) electrons. The first kappa shape index (κ1) is 21.2. The second-order valence-corrected chi connectivity index (χ2v) is 7.44. The summed E-state index contributed by atoms with van der Waals surface area (Å²) in [6, 6.07) is 16.4. The van der Waals surface area contributed by atoms with Gasteiger partial charge in [-0.3, -0.25) is 14.4 Å². The molecule has 0 fully saturated rings. The molecular formula is C23H17ClN4O4. The van der Waals surface area contributed by atoms with Gasteiger partial charge in [0.1, 0.15) is 6.54 Å². The molecule has 0 aliphatic carbocycles. The molecule has 0 spiro atoms. The standard InChI is InChI=1S/C23H17ClN4O4/c1-14(29)16-3-2-4-19(11-16)25-20(30)13-28-12-17(7-10-21(28)31)23-26-22(27-32-23)15-5-8-18(24)9-6-15/h2-12H,13H2,1H3,(H,25,30). The fourth-order valence-corrected chi connectivity index (χ4v) is 3.14. The third-order valence-electron chi connectivity index (χ3n) is 4.63. The summed E-state index contributed by atoms with van der Waals surface area (Å²) in [6.45, 7) is 1.22. The summed E-state index contributed by atoms with van der Waals surface area (Å²) in [7, 11) is 0. The number of nitrogens with one attached hydrogen (secondary N) is 1. The minimum atomic E-state index is -0.419. The van der Waals surface area contributed by atoms with Gasteiger partial charge in [-0.25, -0.2) is 0 Å². The summed E-state index contributed by atoms with van der Waals surface area (Å²) in [4.78, 5) is 40.6. The maximum absolute atomic E-state index is 12.5. The Morgan fingerprint density at radius 2 is 1.81 bits per heavy atom. The number of benzene rings is 2. The van der Waals surface area contributed by atoms with Crippen LogP contribution in [-0.4, -0.2) is 26.4 Å². The predicted octanol–water partition coefficient (Wildman–Crippen LogP) is 4.06. The van der Waals surface area contributed by atoms with Gasteiger partial charge in [-0.15, -0.1) is 0 Å². The van der Waals surface area contributed by atoms with Crippen molar-refractivity contribution in [2.45, 2.75) is 13.5 Å². The van der Waals surface area contributed by atoms with Crippen molar-refractivity contribution in [2.24, 2.45) is 0 Å². The van der Waals surface area contributed by atoms with Crippen molar-refractivity contribution < 1.29 is 14.1 Å². The van der Waals surface area contributed by atoms with E-state index in [1.807, 2.05) is 0 Å². The van der Waals surface area contributed by atoms with Crippen molar-refractivity contribution in [1.82, 2.24) is 14.7 Å². The number of halogens is 1. The SMILES string of the molecule is CC(=O)c1cccc(NC(=O)Cn2cc(-c3nc(-c4ccc(Cl)cc4)no3)ccc2=O)c1. The summed E-state index contributed by atoms with van der Waals surface area (Å²) in [5, 5.41) is 7.24. The van der Waals surface area contributed by atoms with Gasteiger partial charge < -0.3 is 14.4 Å². The molecule has 0 saturated carbocycles. The van der Waals surface area contributed by atoms with Gasteiger partial charge in [0, 0.05) is 34.1 Å². The van der Waals surface area contributed by atoms with E-state index in [1.54, 1.807) is 54.6 Å². The van der Waals surface area contributed by atoms with Gasteiger partial charge in [-0.2, -0.15) is 4.98 Å². The maximum Gasteiger partial charge on any atom is 0.259 e. The summed E-state index contributed by atoms with van der Waals surface area (Å²) in [5.41, 5.74) is 1.80. The number of anilines is 1. The molecule has 0 aliphatic heterocycles. The molecule has 8 nitrogen and oxygen atoms in total. The number of amides is 1. The first-order valence-electron chi connectivity index (χ1n) is 9.60. The molecule has 0 unspecified atom stereocenters. The molecule has 4 rings (SSSR count). The molecule has 32 heavy (non-hydrogen) atoms. The molecule has 4 aromatic rings. The first-order chi connectivity index (χ1) is 15.4. The lowest BCUT2D eigenvalue weighted by molar-refractivity contribution is -0.116. The zero-order chi connectivity index (χ0) is 22.7. The highest BCUT2D eigenvalue weighted by atomic mass is 35.5. The minimum Gasteiger partial charge on any atom is -0.334 e. The van der Waals surface area contributed by atoms with Gasteiger partial charge in [0.2, 0.25) is 11.7 Å². The Labute approximate surface area is 187 Å². The van der Waals surface area contributed by atoms with Gasteiger partial charge in [-0.1, -0.05) is 28.9 Å². The Hall–Kier alpha value is -4.04. The first-order valence-corrected chi connectivity index (χ1v) is 9.98. The van der Waals surface area contributed by atoms with E-state index >= 15 is 0 Å². The highest BCUT2D eigenvalue weighted by molar-refractivity contribution is 6.30. The van der Waals surface area contributed by atoms with Crippen molar-refractivity contribution in [3.05, 3.63) is 87.8 Å². The number of rotatable bonds is 6. The number of ketones is 1. The number of hydrogen-bond donors (Lipinski definition) is 1. The van der Waals surface area contributed by atoms with E-state index in [9.17, 15) is 14.4 Å². The van der Waals surface area contributed by atoms with Crippen molar-refractivity contribution in [3.8, 4) is 22.8 Å². The Balaban J connectivity index is 1.52. The zero-order valence-corrected chi connectivity index (χ0v) is 17.7. The van der Waals surface area contributed by atoms with Crippen LogP contribution in [0.1, 0.15) is 17.3 Å². The van der Waals surface area contributed by atoms with Crippen LogP contribution < -0.4 is 10.9 Å². The lowest BCUT2D eigenvalue weighted by Crippen LogP contribution is -2.26. The Morgan fingerprint density at radius 1 is 1.06 bits per heavy atom. The Morgan fingerprint density at radius 3 is 2.56 bits per heavy atom. The molecule has 0 atom stereocenters. The van der Waals surface area contributed by atoms with E-state index in [2.05, 4.69) is 15.5 Å². The smallest absolute Gasteiger partial charge is 0.259 e. The van der Waals surface area contributed by atoms with Crippen LogP contribution >= 0.6 is 11.6 Å². The largest absolute Gasteiger partial charge is 0.334 e. The molecule has 1 amide bonds. The van der Waals surface area contributed by atoms with Gasteiger partial charge >= 0.3 is 0 Å². The van der Waals surface area contributed by atoms with Crippen LogP contribution in [0.4, 0.5) is 5.69 Å². The number of hydrogen-bond acceptors (Lipinski definition) is 6. The Kier molecular flexibility index (Phi) is 5.96. The van der Waals surface area contributed by atoms with E-state index in [0.29, 0.717) is 27.7 Å². The number of nitrogens with zero attached hydrogens (tertiary/aromatic N) is 3. The number of carbonyl (C=O) groups is 2. The normalized spacial score (nSPS) is 10.7. The molecule has 0 aliphatic rings. The monoisotopic (exact) mass is 448 g/mol. The van der Waals surface area contributed by atoms with Crippen LogP contribution in [0.3, 0.4) is 0 Å². The minimum absolute atomic E-state index is 0.109. The average Bonchev–Trinajstić information content (AvgIpc) is 3.26. The van der Waals surface area contributed by atoms with E-state index in [1.165, 1.54) is 23.8 Å². The summed E-state index contributed by atoms with van der Waals surface area (Å²) in [6.07, 6.45) is 1.48. The van der Waals surface area contributed by atoms with Crippen molar-refractivity contribution in [1.29, 1.82) is 0 Å². The predicted molar refractivity (Wildman–Crippen MR) is 120 cm³/mol. The van der Waals surface area contributed by atoms with E-state index in [-0.39, 0.29) is 23.8 Å². The van der Waals surface area contributed by atoms with Crippen molar-refractivity contribution >= 4 is 29.0 Å². The molecule has 1 N–H and O–H groups in total. The average molecular weight is 449 g/mol. The summed E-state index contributed by atoms with van der Waals surface area (Å²) >= 11 is 5.90. The third-order valence-corrected chi connectivity index (χ3v) is 4.88. The second-order valence-electron chi connectivity index (χ2n) is 7.00. The molecule has 2 heterocycles. The lowest BCUT2D eigenvalue weighted by atomic mass is 10.1. The van der Waals surface area contributed by atoms with Crippen LogP contribution in [0.15, 0.2) is 76.2 Å². The van der Waals surface area contributed by atoms with Crippen LogP contribution in [-0.2, 0) is 11.3 Å². The maximum atomic E-state index is 12.5. The summed E-state index contributed by atoms with van der Waals surface area (Å²) in [5.74, 6) is 0.0515.